The lowest BCUT2D eigenvalue weighted by atomic mass is 9.99. The molecule has 0 saturated carbocycles. The Morgan fingerprint density at radius 1 is 1.27 bits per heavy atom. The van der Waals surface area contributed by atoms with Crippen LogP contribution in [0.4, 0.5) is 0 Å². The number of rotatable bonds is 2. The molecule has 2 aliphatic heterocycles. The summed E-state index contributed by atoms with van der Waals surface area (Å²) in [7, 11) is 2.23. The molecular weight excluding hydrogens is 186 g/mol. The van der Waals surface area contributed by atoms with Crippen molar-refractivity contribution in [3.8, 4) is 0 Å². The predicted molar refractivity (Wildman–Crippen MR) is 64.1 cm³/mol. The van der Waals surface area contributed by atoms with Gasteiger partial charge >= 0.3 is 0 Å². The van der Waals surface area contributed by atoms with Crippen LogP contribution in [0.3, 0.4) is 0 Å². The lowest BCUT2D eigenvalue weighted by molar-refractivity contribution is 0.0503. The maximum Gasteiger partial charge on any atom is 0.0349 e. The summed E-state index contributed by atoms with van der Waals surface area (Å²) in [6, 6.07) is 1.48. The van der Waals surface area contributed by atoms with Crippen molar-refractivity contribution in [3.05, 3.63) is 0 Å². The highest BCUT2D eigenvalue weighted by Crippen LogP contribution is 2.16. The Morgan fingerprint density at radius 2 is 2.07 bits per heavy atom. The molecule has 0 amide bonds. The molecular formula is C12H25N3. The molecule has 88 valence electrons. The summed E-state index contributed by atoms with van der Waals surface area (Å²) in [5, 5.41) is 3.70. The number of likely N-dealkylation sites (N-methyl/N-ethyl adjacent to an activating group) is 1. The number of hydrogen-bond acceptors (Lipinski definition) is 3. The molecule has 2 heterocycles. The van der Waals surface area contributed by atoms with Crippen molar-refractivity contribution in [3.63, 3.8) is 0 Å². The minimum atomic E-state index is 0.727. The van der Waals surface area contributed by atoms with E-state index < -0.39 is 0 Å². The Balaban J connectivity index is 1.84. The van der Waals surface area contributed by atoms with Crippen LogP contribution in [0.5, 0.6) is 0 Å². The second kappa shape index (κ2) is 4.81. The third kappa shape index (κ3) is 2.92. The van der Waals surface area contributed by atoms with Crippen molar-refractivity contribution in [2.24, 2.45) is 5.92 Å². The first-order chi connectivity index (χ1) is 7.15. The Labute approximate surface area is 93.8 Å². The van der Waals surface area contributed by atoms with Crippen LogP contribution in [0, 0.1) is 5.92 Å². The van der Waals surface area contributed by atoms with E-state index in [9.17, 15) is 0 Å². The fourth-order valence-corrected chi connectivity index (χ4v) is 2.86. The van der Waals surface area contributed by atoms with Crippen molar-refractivity contribution in [2.45, 2.75) is 32.4 Å². The SMILES string of the molecule is CC(C)CC1CN2CCN(C)CC2CN1. The van der Waals surface area contributed by atoms with Gasteiger partial charge in [0.25, 0.3) is 0 Å². The molecule has 2 aliphatic rings. The molecule has 0 radical (unpaired) electrons. The van der Waals surface area contributed by atoms with Gasteiger partial charge in [-0.05, 0) is 19.4 Å². The van der Waals surface area contributed by atoms with Gasteiger partial charge in [0.2, 0.25) is 0 Å². The lowest BCUT2D eigenvalue weighted by Gasteiger charge is -2.46. The van der Waals surface area contributed by atoms with Gasteiger partial charge in [0.05, 0.1) is 0 Å². The van der Waals surface area contributed by atoms with E-state index in [4.69, 9.17) is 0 Å². The first-order valence-electron chi connectivity index (χ1n) is 6.31. The van der Waals surface area contributed by atoms with E-state index in [1.54, 1.807) is 0 Å². The zero-order chi connectivity index (χ0) is 10.8. The normalized spacial score (nSPS) is 34.4. The topological polar surface area (TPSA) is 18.5 Å². The quantitative estimate of drug-likeness (QED) is 0.722. The first-order valence-corrected chi connectivity index (χ1v) is 6.31. The summed E-state index contributed by atoms with van der Waals surface area (Å²) in [6.07, 6.45) is 1.32. The van der Waals surface area contributed by atoms with Crippen molar-refractivity contribution < 1.29 is 0 Å². The number of nitrogens with one attached hydrogen (secondary N) is 1. The number of fused-ring (bicyclic) bond motifs is 1. The minimum absolute atomic E-state index is 0.727. The Kier molecular flexibility index (Phi) is 3.65. The second-order valence-corrected chi connectivity index (χ2v) is 5.65. The summed E-state index contributed by atoms with van der Waals surface area (Å²) in [6.45, 7) is 10.8. The van der Waals surface area contributed by atoms with Crippen LogP contribution in [0.25, 0.3) is 0 Å². The second-order valence-electron chi connectivity index (χ2n) is 5.65. The summed E-state index contributed by atoms with van der Waals surface area (Å²) in [5.74, 6) is 0.812. The maximum absolute atomic E-state index is 3.70. The molecule has 0 aromatic rings. The summed E-state index contributed by atoms with van der Waals surface area (Å²) >= 11 is 0. The van der Waals surface area contributed by atoms with Crippen LogP contribution in [0.15, 0.2) is 0 Å². The maximum atomic E-state index is 3.70. The van der Waals surface area contributed by atoms with Gasteiger partial charge in [-0.15, -0.1) is 0 Å². The fraction of sp³-hybridized carbons (Fsp3) is 1.00. The van der Waals surface area contributed by atoms with Gasteiger partial charge in [-0.25, -0.2) is 0 Å². The molecule has 0 bridgehead atoms. The highest BCUT2D eigenvalue weighted by Gasteiger charge is 2.31. The third-order valence-corrected chi connectivity index (χ3v) is 3.66. The monoisotopic (exact) mass is 211 g/mol. The van der Waals surface area contributed by atoms with Crippen LogP contribution in [0.2, 0.25) is 0 Å². The van der Waals surface area contributed by atoms with E-state index >= 15 is 0 Å². The first kappa shape index (κ1) is 11.4. The molecule has 15 heavy (non-hydrogen) atoms. The zero-order valence-electron chi connectivity index (χ0n) is 10.4. The molecule has 2 rings (SSSR count). The van der Waals surface area contributed by atoms with Gasteiger partial charge in [0, 0.05) is 44.8 Å². The molecule has 0 aromatic heterocycles. The average molecular weight is 211 g/mol. The third-order valence-electron chi connectivity index (χ3n) is 3.66. The Morgan fingerprint density at radius 3 is 2.80 bits per heavy atom. The van der Waals surface area contributed by atoms with Crippen molar-refractivity contribution >= 4 is 0 Å². The van der Waals surface area contributed by atoms with Crippen LogP contribution >= 0.6 is 0 Å². The highest BCUT2D eigenvalue weighted by atomic mass is 15.3. The number of nitrogens with zero attached hydrogens (tertiary/aromatic N) is 2. The summed E-state index contributed by atoms with van der Waals surface area (Å²) < 4.78 is 0. The molecule has 2 fully saturated rings. The van der Waals surface area contributed by atoms with Crippen molar-refractivity contribution in [2.75, 3.05) is 39.8 Å². The summed E-state index contributed by atoms with van der Waals surface area (Å²) in [4.78, 5) is 5.13. The van der Waals surface area contributed by atoms with Crippen molar-refractivity contribution in [1.29, 1.82) is 0 Å². The number of piperazine rings is 2. The zero-order valence-corrected chi connectivity index (χ0v) is 10.4. The van der Waals surface area contributed by atoms with E-state index in [0.29, 0.717) is 0 Å². The van der Waals surface area contributed by atoms with E-state index in [1.165, 1.54) is 39.1 Å². The van der Waals surface area contributed by atoms with Crippen LogP contribution in [-0.2, 0) is 0 Å². The molecule has 0 spiro atoms. The predicted octanol–water partition coefficient (Wildman–Crippen LogP) is 0.620. The molecule has 1 N–H and O–H groups in total. The van der Waals surface area contributed by atoms with E-state index in [0.717, 1.165) is 18.0 Å². The van der Waals surface area contributed by atoms with Gasteiger partial charge in [0.15, 0.2) is 0 Å². The van der Waals surface area contributed by atoms with Gasteiger partial charge in [-0.3, -0.25) is 4.90 Å². The minimum Gasteiger partial charge on any atom is -0.311 e. The van der Waals surface area contributed by atoms with Crippen LogP contribution in [-0.4, -0.2) is 61.7 Å². The lowest BCUT2D eigenvalue weighted by Crippen LogP contribution is -2.63. The molecule has 2 unspecified atom stereocenters. The Hall–Kier alpha value is -0.120. The van der Waals surface area contributed by atoms with Gasteiger partial charge < -0.3 is 10.2 Å². The average Bonchev–Trinajstić information content (AvgIpc) is 2.17. The van der Waals surface area contributed by atoms with E-state index in [-0.39, 0.29) is 0 Å². The summed E-state index contributed by atoms with van der Waals surface area (Å²) in [5.41, 5.74) is 0. The molecule has 3 heteroatoms. The van der Waals surface area contributed by atoms with Crippen LogP contribution in [0.1, 0.15) is 20.3 Å². The Bertz CT molecular complexity index is 205. The van der Waals surface area contributed by atoms with Gasteiger partial charge in [0.1, 0.15) is 0 Å². The smallest absolute Gasteiger partial charge is 0.0349 e. The molecule has 0 aliphatic carbocycles. The van der Waals surface area contributed by atoms with E-state index in [1.807, 2.05) is 0 Å². The molecule has 3 nitrogen and oxygen atoms in total. The van der Waals surface area contributed by atoms with Crippen LogP contribution < -0.4 is 5.32 Å². The number of hydrogen-bond donors (Lipinski definition) is 1. The largest absolute Gasteiger partial charge is 0.311 e. The fourth-order valence-electron chi connectivity index (χ4n) is 2.86. The molecule has 0 aromatic carbocycles. The van der Waals surface area contributed by atoms with Crippen molar-refractivity contribution in [1.82, 2.24) is 15.1 Å². The highest BCUT2D eigenvalue weighted by molar-refractivity contribution is 4.90. The van der Waals surface area contributed by atoms with Gasteiger partial charge in [-0.1, -0.05) is 13.8 Å². The molecule has 2 atom stereocenters. The van der Waals surface area contributed by atoms with Gasteiger partial charge in [-0.2, -0.15) is 0 Å². The van der Waals surface area contributed by atoms with E-state index in [2.05, 4.69) is 36.0 Å². The molecule has 2 saturated heterocycles. The standard InChI is InChI=1S/C12H25N3/c1-10(2)6-11-8-15-5-4-14(3)9-12(15)7-13-11/h10-13H,4-9H2,1-3H3.